The zero-order chi connectivity index (χ0) is 29.8. The molecule has 0 spiro atoms. The van der Waals surface area contributed by atoms with E-state index in [0.717, 1.165) is 55.4 Å². The second kappa shape index (κ2) is 10.6. The van der Waals surface area contributed by atoms with Crippen LogP contribution in [0.15, 0.2) is 64.3 Å². The largest absolute Gasteiger partial charge is 0.466 e. The Bertz CT molecular complexity index is 2000. The minimum atomic E-state index is -0.214. The number of likely N-dealkylation sites (tertiary alicyclic amines) is 1. The van der Waals surface area contributed by atoms with Crippen LogP contribution in [-0.4, -0.2) is 68.4 Å². The second-order valence-corrected chi connectivity index (χ2v) is 11.7. The summed E-state index contributed by atoms with van der Waals surface area (Å²) in [5.74, 6) is 1.12. The van der Waals surface area contributed by atoms with Crippen molar-refractivity contribution in [3.63, 3.8) is 0 Å². The minimum Gasteiger partial charge on any atom is -0.466 e. The third kappa shape index (κ3) is 4.53. The molecule has 12 nitrogen and oxygen atoms in total. The first-order valence-electron chi connectivity index (χ1n) is 15.1. The van der Waals surface area contributed by atoms with Crippen molar-refractivity contribution in [3.8, 4) is 11.6 Å². The predicted molar refractivity (Wildman–Crippen MR) is 166 cm³/mol. The quantitative estimate of drug-likeness (QED) is 0.305. The lowest BCUT2D eigenvalue weighted by atomic mass is 9.89. The molecule has 7 heterocycles. The van der Waals surface area contributed by atoms with Gasteiger partial charge in [-0.2, -0.15) is 4.98 Å². The summed E-state index contributed by atoms with van der Waals surface area (Å²) in [6, 6.07) is 7.89. The summed E-state index contributed by atoms with van der Waals surface area (Å²) in [6.07, 6.45) is 12.9. The molecule has 5 aromatic rings. The number of amides is 1. The molecule has 2 bridgehead atoms. The summed E-state index contributed by atoms with van der Waals surface area (Å²) in [5.41, 5.74) is 4.25. The molecule has 12 heteroatoms. The van der Waals surface area contributed by atoms with Crippen molar-refractivity contribution < 1.29 is 13.9 Å². The first kappa shape index (κ1) is 26.6. The molecule has 0 atom stereocenters. The molecule has 1 aromatic carbocycles. The highest BCUT2D eigenvalue weighted by molar-refractivity contribution is 5.97. The van der Waals surface area contributed by atoms with E-state index in [2.05, 4.69) is 33.3 Å². The second-order valence-electron chi connectivity index (χ2n) is 11.7. The number of benzene rings is 1. The van der Waals surface area contributed by atoms with Gasteiger partial charge in [-0.1, -0.05) is 12.2 Å². The van der Waals surface area contributed by atoms with Crippen molar-refractivity contribution in [2.24, 2.45) is 0 Å². The van der Waals surface area contributed by atoms with Gasteiger partial charge in [0.25, 0.3) is 11.5 Å². The number of allylic oxidation sites excluding steroid dienone is 2. The van der Waals surface area contributed by atoms with Gasteiger partial charge in [-0.05, 0) is 69.9 Å². The Morgan fingerprint density at radius 3 is 2.77 bits per heavy atom. The number of ether oxygens (including phenoxy) is 1. The molecule has 0 saturated carbocycles. The highest BCUT2D eigenvalue weighted by atomic mass is 16.5. The van der Waals surface area contributed by atoms with Crippen LogP contribution >= 0.6 is 0 Å². The predicted octanol–water partition coefficient (Wildman–Crippen LogP) is 4.35. The van der Waals surface area contributed by atoms with Crippen LogP contribution in [0, 0.1) is 0 Å². The normalized spacial score (nSPS) is 18.5. The van der Waals surface area contributed by atoms with Crippen LogP contribution in [-0.2, 0) is 11.3 Å². The molecular weight excluding hydrogens is 560 g/mol. The monoisotopic (exact) mass is 592 g/mol. The molecule has 0 aliphatic carbocycles. The number of furan rings is 1. The number of carbonyl (C=O) groups excluding carboxylic acids is 1. The molecule has 3 aliphatic heterocycles. The summed E-state index contributed by atoms with van der Waals surface area (Å²) in [4.78, 5) is 44.2. The number of hydrogen-bond donors (Lipinski definition) is 1. The maximum Gasteiger partial charge on any atom is 0.278 e. The zero-order valence-electron chi connectivity index (χ0n) is 24.4. The maximum atomic E-state index is 13.6. The molecular formula is C32H32N8O4. The standard InChI is InChI=1S/C32H32N8O4/c1-37-12-8-20(9-13-37)25-18-43-27-14-21(6-7-23(25)27)35-32-34-17-24-29(36-32)40-22-15-26-30(33-16-22)44-19-28(41)38(26)10-4-2-3-5-11-39(40)31(24)42/h3,5-7,14-18,20H,2,4,8-13,19H2,1H3,(H,34,35,36)/b5-3-. The van der Waals surface area contributed by atoms with Gasteiger partial charge in [0, 0.05) is 35.4 Å². The van der Waals surface area contributed by atoms with E-state index in [1.165, 1.54) is 5.56 Å². The summed E-state index contributed by atoms with van der Waals surface area (Å²) < 4.78 is 15.0. The average Bonchev–Trinajstić information content (AvgIpc) is 3.57. The summed E-state index contributed by atoms with van der Waals surface area (Å²) >= 11 is 0. The van der Waals surface area contributed by atoms with Crippen molar-refractivity contribution in [2.45, 2.75) is 38.1 Å². The van der Waals surface area contributed by atoms with E-state index in [1.54, 1.807) is 26.7 Å². The van der Waals surface area contributed by atoms with Crippen LogP contribution in [0.2, 0.25) is 0 Å². The summed E-state index contributed by atoms with van der Waals surface area (Å²) in [5, 5.41) is 4.81. The van der Waals surface area contributed by atoms with E-state index < -0.39 is 0 Å². The number of aromatic nitrogens is 5. The van der Waals surface area contributed by atoms with Gasteiger partial charge in [-0.3, -0.25) is 9.59 Å². The lowest BCUT2D eigenvalue weighted by Crippen LogP contribution is -2.40. The highest BCUT2D eigenvalue weighted by Crippen LogP contribution is 2.36. The van der Waals surface area contributed by atoms with Crippen LogP contribution < -0.4 is 20.5 Å². The fourth-order valence-corrected chi connectivity index (χ4v) is 6.50. The van der Waals surface area contributed by atoms with Crippen LogP contribution in [0.25, 0.3) is 27.7 Å². The number of rotatable bonds is 3. The Morgan fingerprint density at radius 1 is 1.00 bits per heavy atom. The van der Waals surface area contributed by atoms with Gasteiger partial charge < -0.3 is 24.3 Å². The van der Waals surface area contributed by atoms with E-state index in [0.29, 0.717) is 53.2 Å². The zero-order valence-corrected chi connectivity index (χ0v) is 24.4. The van der Waals surface area contributed by atoms with E-state index in [-0.39, 0.29) is 18.1 Å². The lowest BCUT2D eigenvalue weighted by Gasteiger charge is -2.29. The van der Waals surface area contributed by atoms with Crippen LogP contribution in [0.4, 0.5) is 17.3 Å². The third-order valence-electron chi connectivity index (χ3n) is 8.88. The molecule has 1 fully saturated rings. The first-order valence-corrected chi connectivity index (χ1v) is 15.1. The average molecular weight is 593 g/mol. The number of piperidine rings is 1. The van der Waals surface area contributed by atoms with Crippen molar-refractivity contribution in [1.29, 1.82) is 0 Å². The smallest absolute Gasteiger partial charge is 0.278 e. The number of fused-ring (bicyclic) bond motifs is 6. The Hall–Kier alpha value is -4.97. The molecule has 0 radical (unpaired) electrons. The molecule has 224 valence electrons. The van der Waals surface area contributed by atoms with Crippen molar-refractivity contribution in [2.75, 3.05) is 43.5 Å². The molecule has 4 aromatic heterocycles. The Morgan fingerprint density at radius 2 is 1.89 bits per heavy atom. The summed E-state index contributed by atoms with van der Waals surface area (Å²) in [6.45, 7) is 3.04. The van der Waals surface area contributed by atoms with Crippen LogP contribution in [0.1, 0.15) is 37.2 Å². The van der Waals surface area contributed by atoms with E-state index in [4.69, 9.17) is 14.1 Å². The molecule has 8 rings (SSSR count). The number of nitrogens with zero attached hydrogens (tertiary/aromatic N) is 7. The number of carbonyl (C=O) groups is 1. The summed E-state index contributed by atoms with van der Waals surface area (Å²) in [7, 11) is 2.17. The van der Waals surface area contributed by atoms with Gasteiger partial charge in [0.2, 0.25) is 11.8 Å². The molecule has 1 saturated heterocycles. The number of pyridine rings is 1. The van der Waals surface area contributed by atoms with Crippen molar-refractivity contribution in [1.82, 2.24) is 29.2 Å². The fraction of sp³-hybridized carbons (Fsp3) is 0.344. The number of nitrogens with one attached hydrogen (secondary N) is 1. The van der Waals surface area contributed by atoms with Crippen molar-refractivity contribution in [3.05, 3.63) is 71.0 Å². The van der Waals surface area contributed by atoms with E-state index >= 15 is 0 Å². The SMILES string of the molecule is CN1CCC(c2coc3cc(Nc4ncc5c(=O)n6n(c5n4)-c4cnc5c(c4)N(CCC/C=C\C6)C(=O)CO5)ccc23)CC1. The Labute approximate surface area is 252 Å². The molecule has 44 heavy (non-hydrogen) atoms. The first-order chi connectivity index (χ1) is 21.5. The Balaban J connectivity index is 1.18. The third-order valence-corrected chi connectivity index (χ3v) is 8.88. The van der Waals surface area contributed by atoms with Crippen LogP contribution in [0.3, 0.4) is 0 Å². The van der Waals surface area contributed by atoms with E-state index in [9.17, 15) is 9.59 Å². The van der Waals surface area contributed by atoms with Gasteiger partial charge in [0.05, 0.1) is 24.7 Å². The van der Waals surface area contributed by atoms with Crippen molar-refractivity contribution >= 4 is 45.2 Å². The molecule has 1 amide bonds. The van der Waals surface area contributed by atoms with Gasteiger partial charge in [0.15, 0.2) is 12.3 Å². The van der Waals surface area contributed by atoms with Gasteiger partial charge in [-0.25, -0.2) is 19.3 Å². The highest BCUT2D eigenvalue weighted by Gasteiger charge is 2.28. The van der Waals surface area contributed by atoms with Crippen LogP contribution in [0.5, 0.6) is 5.88 Å². The molecule has 0 unspecified atom stereocenters. The number of anilines is 3. The Kier molecular flexibility index (Phi) is 6.44. The number of hydrogen-bond acceptors (Lipinski definition) is 9. The fourth-order valence-electron chi connectivity index (χ4n) is 6.50. The molecule has 1 N–H and O–H groups in total. The van der Waals surface area contributed by atoms with Gasteiger partial charge in [-0.15, -0.1) is 0 Å². The van der Waals surface area contributed by atoms with E-state index in [1.807, 2.05) is 36.6 Å². The molecule has 3 aliphatic rings. The topological polar surface area (TPSA) is 124 Å². The van der Waals surface area contributed by atoms with Gasteiger partial charge >= 0.3 is 0 Å². The van der Waals surface area contributed by atoms with Gasteiger partial charge in [0.1, 0.15) is 16.7 Å². The maximum absolute atomic E-state index is 13.6. The minimum absolute atomic E-state index is 0.0438. The lowest BCUT2D eigenvalue weighted by molar-refractivity contribution is -0.121.